The highest BCUT2D eigenvalue weighted by Gasteiger charge is 2.08. The Balaban J connectivity index is 1.55. The van der Waals surface area contributed by atoms with Crippen molar-refractivity contribution in [3.8, 4) is 0 Å². The van der Waals surface area contributed by atoms with Gasteiger partial charge in [-0.25, -0.2) is 0 Å². The van der Waals surface area contributed by atoms with Gasteiger partial charge in [0.1, 0.15) is 0 Å². The molecular weight excluding hydrogens is 358 g/mol. The zero-order chi connectivity index (χ0) is 19.6. The van der Waals surface area contributed by atoms with E-state index >= 15 is 0 Å². The third-order valence-corrected chi connectivity index (χ3v) is 4.95. The van der Waals surface area contributed by atoms with Crippen molar-refractivity contribution in [3.05, 3.63) is 107 Å². The Morgan fingerprint density at radius 1 is 0.517 bits per heavy atom. The van der Waals surface area contributed by atoms with Gasteiger partial charge in [-0.05, 0) is 53.9 Å². The number of nitrogens with one attached hydrogen (secondary N) is 3. The molecule has 0 spiro atoms. The van der Waals surface area contributed by atoms with Crippen LogP contribution in [0.15, 0.2) is 102 Å². The molecule has 0 aliphatic carbocycles. The third-order valence-electron chi connectivity index (χ3n) is 4.95. The van der Waals surface area contributed by atoms with E-state index in [1.807, 2.05) is 97.1 Å². The van der Waals surface area contributed by atoms with Gasteiger partial charge in [0, 0.05) is 33.5 Å². The Kier molecular flexibility index (Phi) is 4.22. The van der Waals surface area contributed by atoms with E-state index in [1.54, 1.807) is 0 Å². The van der Waals surface area contributed by atoms with Gasteiger partial charge in [0.2, 0.25) is 0 Å². The number of para-hydroxylation sites is 2. The van der Waals surface area contributed by atoms with E-state index < -0.39 is 0 Å². The lowest BCUT2D eigenvalue weighted by atomic mass is 10.1. The molecule has 0 saturated carbocycles. The number of aromatic nitrogens is 1. The average Bonchev–Trinajstić information content (AvgIpc) is 2.75. The van der Waals surface area contributed by atoms with Gasteiger partial charge in [0.05, 0.1) is 5.52 Å². The number of hydrogen-bond acceptors (Lipinski definition) is 3. The third kappa shape index (κ3) is 3.44. The van der Waals surface area contributed by atoms with E-state index in [-0.39, 0.29) is 5.56 Å². The van der Waals surface area contributed by atoms with Crippen molar-refractivity contribution in [1.82, 2.24) is 4.98 Å². The number of benzene rings is 4. The van der Waals surface area contributed by atoms with Crippen LogP contribution in [0.4, 0.5) is 22.7 Å². The number of aromatic amines is 1. The van der Waals surface area contributed by atoms with Gasteiger partial charge in [-0.3, -0.25) is 4.79 Å². The average molecular weight is 377 g/mol. The molecule has 3 N–H and O–H groups in total. The van der Waals surface area contributed by atoms with Crippen molar-refractivity contribution in [2.75, 3.05) is 10.6 Å². The number of H-pyrrole nitrogens is 1. The van der Waals surface area contributed by atoms with Crippen LogP contribution in [0.2, 0.25) is 0 Å². The number of fused-ring (bicyclic) bond motifs is 3. The van der Waals surface area contributed by atoms with Crippen LogP contribution in [-0.4, -0.2) is 4.98 Å². The summed E-state index contributed by atoms with van der Waals surface area (Å²) in [7, 11) is 0. The lowest BCUT2D eigenvalue weighted by Crippen LogP contribution is -2.07. The smallest absolute Gasteiger partial charge is 0.256 e. The largest absolute Gasteiger partial charge is 0.356 e. The number of anilines is 4. The number of pyridine rings is 1. The molecule has 5 rings (SSSR count). The van der Waals surface area contributed by atoms with Crippen molar-refractivity contribution in [2.45, 2.75) is 0 Å². The number of hydrogen-bond donors (Lipinski definition) is 3. The molecule has 5 aromatic rings. The highest BCUT2D eigenvalue weighted by atomic mass is 16.1. The molecular formula is C25H19N3O. The van der Waals surface area contributed by atoms with Gasteiger partial charge in [0.15, 0.2) is 0 Å². The van der Waals surface area contributed by atoms with Crippen LogP contribution in [0.25, 0.3) is 21.7 Å². The summed E-state index contributed by atoms with van der Waals surface area (Å²) in [5.41, 5.74) is 4.53. The van der Waals surface area contributed by atoms with E-state index in [9.17, 15) is 4.79 Å². The summed E-state index contributed by atoms with van der Waals surface area (Å²) in [5, 5.41) is 9.34. The minimum Gasteiger partial charge on any atom is -0.356 e. The van der Waals surface area contributed by atoms with Gasteiger partial charge < -0.3 is 15.6 Å². The molecule has 0 fully saturated rings. The summed E-state index contributed by atoms with van der Waals surface area (Å²) in [6, 6.07) is 31.8. The summed E-state index contributed by atoms with van der Waals surface area (Å²) >= 11 is 0. The van der Waals surface area contributed by atoms with Crippen molar-refractivity contribution in [2.24, 2.45) is 0 Å². The molecule has 29 heavy (non-hydrogen) atoms. The highest BCUT2D eigenvalue weighted by molar-refractivity contribution is 6.07. The second-order valence-corrected chi connectivity index (χ2v) is 6.96. The van der Waals surface area contributed by atoms with E-state index in [4.69, 9.17) is 0 Å². The molecule has 0 bridgehead atoms. The molecule has 0 amide bonds. The normalized spacial score (nSPS) is 10.9. The van der Waals surface area contributed by atoms with E-state index in [2.05, 4.69) is 15.6 Å². The molecule has 0 aliphatic heterocycles. The molecule has 0 radical (unpaired) electrons. The van der Waals surface area contributed by atoms with Gasteiger partial charge in [0.25, 0.3) is 5.56 Å². The standard InChI is InChI=1S/C25H19N3O/c29-25-23-15-19(26-17-7-3-1-4-8-17)11-13-21(23)22-14-12-20(16-24(22)28-25)27-18-9-5-2-6-10-18/h1-16,26-27H,(H,28,29). The lowest BCUT2D eigenvalue weighted by Gasteiger charge is -2.11. The van der Waals surface area contributed by atoms with Crippen molar-refractivity contribution in [1.29, 1.82) is 0 Å². The summed E-state index contributed by atoms with van der Waals surface area (Å²) in [6.07, 6.45) is 0. The van der Waals surface area contributed by atoms with Gasteiger partial charge in [-0.2, -0.15) is 0 Å². The van der Waals surface area contributed by atoms with Crippen LogP contribution in [0.5, 0.6) is 0 Å². The van der Waals surface area contributed by atoms with Crippen molar-refractivity contribution in [3.63, 3.8) is 0 Å². The van der Waals surface area contributed by atoms with Crippen LogP contribution in [0.1, 0.15) is 0 Å². The van der Waals surface area contributed by atoms with Crippen LogP contribution >= 0.6 is 0 Å². The fourth-order valence-corrected chi connectivity index (χ4v) is 3.57. The first kappa shape index (κ1) is 17.1. The fraction of sp³-hybridized carbons (Fsp3) is 0. The van der Waals surface area contributed by atoms with Gasteiger partial charge in [-0.1, -0.05) is 48.5 Å². The molecule has 4 nitrogen and oxygen atoms in total. The molecule has 0 atom stereocenters. The highest BCUT2D eigenvalue weighted by Crippen LogP contribution is 2.28. The summed E-state index contributed by atoms with van der Waals surface area (Å²) in [5.74, 6) is 0. The molecule has 1 aromatic heterocycles. The maximum atomic E-state index is 12.8. The van der Waals surface area contributed by atoms with E-state index in [1.165, 1.54) is 0 Å². The minimum atomic E-state index is -0.0962. The Bertz CT molecular complexity index is 1360. The Morgan fingerprint density at radius 3 is 1.69 bits per heavy atom. The lowest BCUT2D eigenvalue weighted by molar-refractivity contribution is 1.34. The second-order valence-electron chi connectivity index (χ2n) is 6.96. The van der Waals surface area contributed by atoms with E-state index in [0.717, 1.165) is 39.0 Å². The minimum absolute atomic E-state index is 0.0962. The SMILES string of the molecule is O=c1[nH]c2cc(Nc3ccccc3)ccc2c2ccc(Nc3ccccc3)cc12. The first-order chi connectivity index (χ1) is 14.3. The van der Waals surface area contributed by atoms with E-state index in [0.29, 0.717) is 5.39 Å². The second kappa shape index (κ2) is 7.17. The zero-order valence-corrected chi connectivity index (χ0v) is 15.6. The van der Waals surface area contributed by atoms with Crippen LogP contribution < -0.4 is 16.2 Å². The number of rotatable bonds is 4. The summed E-state index contributed by atoms with van der Waals surface area (Å²) in [4.78, 5) is 15.8. The van der Waals surface area contributed by atoms with Crippen molar-refractivity contribution < 1.29 is 0 Å². The predicted molar refractivity (Wildman–Crippen MR) is 122 cm³/mol. The zero-order valence-electron chi connectivity index (χ0n) is 15.6. The van der Waals surface area contributed by atoms with Crippen LogP contribution in [-0.2, 0) is 0 Å². The topological polar surface area (TPSA) is 56.9 Å². The van der Waals surface area contributed by atoms with Gasteiger partial charge >= 0.3 is 0 Å². The van der Waals surface area contributed by atoms with Crippen LogP contribution in [0.3, 0.4) is 0 Å². The molecule has 0 saturated heterocycles. The van der Waals surface area contributed by atoms with Gasteiger partial charge in [-0.15, -0.1) is 0 Å². The monoisotopic (exact) mass is 377 g/mol. The maximum absolute atomic E-state index is 12.8. The quantitative estimate of drug-likeness (QED) is 0.328. The maximum Gasteiger partial charge on any atom is 0.256 e. The first-order valence-electron chi connectivity index (χ1n) is 9.50. The first-order valence-corrected chi connectivity index (χ1v) is 9.50. The molecule has 1 heterocycles. The molecule has 4 aromatic carbocycles. The fourth-order valence-electron chi connectivity index (χ4n) is 3.57. The molecule has 140 valence electrons. The Hall–Kier alpha value is -4.05. The Morgan fingerprint density at radius 2 is 1.07 bits per heavy atom. The molecule has 0 aliphatic rings. The molecule has 0 unspecified atom stereocenters. The van der Waals surface area contributed by atoms with Crippen molar-refractivity contribution >= 4 is 44.4 Å². The summed E-state index contributed by atoms with van der Waals surface area (Å²) in [6.45, 7) is 0. The predicted octanol–water partition coefficient (Wildman–Crippen LogP) is 6.17. The summed E-state index contributed by atoms with van der Waals surface area (Å²) < 4.78 is 0. The Labute approximate surface area is 167 Å². The van der Waals surface area contributed by atoms with Crippen LogP contribution in [0, 0.1) is 0 Å². The molecule has 4 heteroatoms.